The molecule has 124 valence electrons. The van der Waals surface area contributed by atoms with E-state index in [1.165, 1.54) is 18.2 Å². The maximum Gasteiger partial charge on any atom is 0.269 e. The van der Waals surface area contributed by atoms with Gasteiger partial charge in [-0.1, -0.05) is 23.8 Å². The zero-order valence-electron chi connectivity index (χ0n) is 13.6. The van der Waals surface area contributed by atoms with Gasteiger partial charge in [0.05, 0.1) is 4.92 Å². The number of carbonyl (C=O) groups excluding carboxylic acids is 1. The van der Waals surface area contributed by atoms with Crippen LogP contribution >= 0.6 is 0 Å². The molecular formula is C20H16N2O3. The van der Waals surface area contributed by atoms with Gasteiger partial charge in [-0.15, -0.1) is 0 Å². The SMILES string of the molecule is Cc1cccc(C(=O)/C=C/c2cccn2-c2ccc([N+](=O)[O-])cc2)c1. The molecule has 0 N–H and O–H groups in total. The second kappa shape index (κ2) is 6.97. The summed E-state index contributed by atoms with van der Waals surface area (Å²) in [6.45, 7) is 1.94. The van der Waals surface area contributed by atoms with Crippen molar-refractivity contribution in [3.05, 3.63) is 99.9 Å². The minimum Gasteiger partial charge on any atom is -0.317 e. The van der Waals surface area contributed by atoms with Gasteiger partial charge in [0.15, 0.2) is 5.78 Å². The lowest BCUT2D eigenvalue weighted by atomic mass is 10.1. The molecule has 5 heteroatoms. The van der Waals surface area contributed by atoms with Crippen LogP contribution in [0.15, 0.2) is 72.9 Å². The summed E-state index contributed by atoms with van der Waals surface area (Å²) in [7, 11) is 0. The highest BCUT2D eigenvalue weighted by molar-refractivity contribution is 6.06. The summed E-state index contributed by atoms with van der Waals surface area (Å²) >= 11 is 0. The zero-order chi connectivity index (χ0) is 17.8. The van der Waals surface area contributed by atoms with Crippen LogP contribution < -0.4 is 0 Å². The molecule has 0 fully saturated rings. The lowest BCUT2D eigenvalue weighted by Crippen LogP contribution is -1.97. The molecule has 0 atom stereocenters. The van der Waals surface area contributed by atoms with Gasteiger partial charge in [0.2, 0.25) is 0 Å². The van der Waals surface area contributed by atoms with E-state index in [1.807, 2.05) is 48.0 Å². The molecule has 1 heterocycles. The van der Waals surface area contributed by atoms with Crippen LogP contribution in [0.25, 0.3) is 11.8 Å². The van der Waals surface area contributed by atoms with Crippen molar-refractivity contribution in [2.45, 2.75) is 6.92 Å². The van der Waals surface area contributed by atoms with Crippen molar-refractivity contribution in [3.63, 3.8) is 0 Å². The van der Waals surface area contributed by atoms with E-state index in [4.69, 9.17) is 0 Å². The standard InChI is InChI=1S/C20H16N2O3/c1-15-4-2-5-16(14-15)20(23)12-11-17-6-3-13-21(17)18-7-9-19(10-8-18)22(24)25/h2-14H,1H3/b12-11+. The number of hydrogen-bond donors (Lipinski definition) is 0. The van der Waals surface area contributed by atoms with Crippen molar-refractivity contribution in [2.24, 2.45) is 0 Å². The highest BCUT2D eigenvalue weighted by Crippen LogP contribution is 2.18. The number of nitro benzene ring substituents is 1. The number of nitro groups is 1. The van der Waals surface area contributed by atoms with Crippen LogP contribution in [0.4, 0.5) is 5.69 Å². The molecule has 25 heavy (non-hydrogen) atoms. The van der Waals surface area contributed by atoms with Crippen molar-refractivity contribution in [1.82, 2.24) is 4.57 Å². The van der Waals surface area contributed by atoms with Crippen molar-refractivity contribution < 1.29 is 9.72 Å². The van der Waals surface area contributed by atoms with Crippen LogP contribution in [-0.4, -0.2) is 15.3 Å². The van der Waals surface area contributed by atoms with Gasteiger partial charge in [-0.2, -0.15) is 0 Å². The number of benzene rings is 2. The van der Waals surface area contributed by atoms with E-state index in [2.05, 4.69) is 0 Å². The van der Waals surface area contributed by atoms with E-state index < -0.39 is 4.92 Å². The Morgan fingerprint density at radius 1 is 1.08 bits per heavy atom. The lowest BCUT2D eigenvalue weighted by Gasteiger charge is -2.06. The van der Waals surface area contributed by atoms with E-state index in [0.717, 1.165) is 16.9 Å². The minimum atomic E-state index is -0.430. The van der Waals surface area contributed by atoms with Crippen LogP contribution in [0.3, 0.4) is 0 Å². The van der Waals surface area contributed by atoms with E-state index in [9.17, 15) is 14.9 Å². The van der Waals surface area contributed by atoms with Crippen LogP contribution in [-0.2, 0) is 0 Å². The smallest absolute Gasteiger partial charge is 0.269 e. The number of nitrogens with zero attached hydrogens (tertiary/aromatic N) is 2. The number of carbonyl (C=O) groups is 1. The molecule has 0 aliphatic carbocycles. The number of allylic oxidation sites excluding steroid dienone is 1. The second-order valence-corrected chi connectivity index (χ2v) is 5.64. The first-order chi connectivity index (χ1) is 12.0. The van der Waals surface area contributed by atoms with Crippen LogP contribution in [0.1, 0.15) is 21.6 Å². The largest absolute Gasteiger partial charge is 0.317 e. The summed E-state index contributed by atoms with van der Waals surface area (Å²) in [5.74, 6) is -0.0693. The minimum absolute atomic E-state index is 0.0441. The molecule has 0 aliphatic rings. The van der Waals surface area contributed by atoms with Gasteiger partial charge < -0.3 is 4.57 Å². The Hall–Kier alpha value is -3.47. The number of hydrogen-bond acceptors (Lipinski definition) is 3. The molecule has 0 unspecified atom stereocenters. The molecule has 3 rings (SSSR count). The Balaban J connectivity index is 1.84. The topological polar surface area (TPSA) is 65.1 Å². The van der Waals surface area contributed by atoms with E-state index in [-0.39, 0.29) is 11.5 Å². The lowest BCUT2D eigenvalue weighted by molar-refractivity contribution is -0.384. The van der Waals surface area contributed by atoms with Crippen LogP contribution in [0.2, 0.25) is 0 Å². The average molecular weight is 332 g/mol. The molecule has 0 radical (unpaired) electrons. The Morgan fingerprint density at radius 2 is 1.84 bits per heavy atom. The maximum atomic E-state index is 12.3. The van der Waals surface area contributed by atoms with Crippen molar-refractivity contribution >= 4 is 17.5 Å². The number of non-ortho nitro benzene ring substituents is 1. The van der Waals surface area contributed by atoms with E-state index >= 15 is 0 Å². The van der Waals surface area contributed by atoms with Gasteiger partial charge in [0, 0.05) is 35.3 Å². The van der Waals surface area contributed by atoms with Crippen molar-refractivity contribution in [1.29, 1.82) is 0 Å². The first-order valence-electron chi connectivity index (χ1n) is 7.76. The van der Waals surface area contributed by atoms with Gasteiger partial charge in [0.25, 0.3) is 5.69 Å². The van der Waals surface area contributed by atoms with Gasteiger partial charge in [-0.3, -0.25) is 14.9 Å². The molecule has 0 saturated heterocycles. The van der Waals surface area contributed by atoms with Crippen molar-refractivity contribution in [3.8, 4) is 5.69 Å². The molecule has 5 nitrogen and oxygen atoms in total. The predicted molar refractivity (Wildman–Crippen MR) is 97.0 cm³/mol. The van der Waals surface area contributed by atoms with Gasteiger partial charge in [-0.25, -0.2) is 0 Å². The fourth-order valence-corrected chi connectivity index (χ4v) is 2.56. The quantitative estimate of drug-likeness (QED) is 0.297. The van der Waals surface area contributed by atoms with Gasteiger partial charge in [-0.05, 0) is 49.4 Å². The molecular weight excluding hydrogens is 316 g/mol. The first kappa shape index (κ1) is 16.4. The number of rotatable bonds is 5. The Labute approximate surface area is 145 Å². The Kier molecular flexibility index (Phi) is 4.57. The Bertz CT molecular complexity index is 953. The molecule has 3 aromatic rings. The summed E-state index contributed by atoms with van der Waals surface area (Å²) in [5.41, 5.74) is 3.33. The fraction of sp³-hybridized carbons (Fsp3) is 0.0500. The third kappa shape index (κ3) is 3.72. The summed E-state index contributed by atoms with van der Waals surface area (Å²) in [6, 6.07) is 17.4. The first-order valence-corrected chi connectivity index (χ1v) is 7.76. The zero-order valence-corrected chi connectivity index (χ0v) is 13.6. The summed E-state index contributed by atoms with van der Waals surface area (Å²) < 4.78 is 1.86. The average Bonchev–Trinajstić information content (AvgIpc) is 3.08. The predicted octanol–water partition coefficient (Wildman–Crippen LogP) is 4.59. The third-order valence-electron chi connectivity index (χ3n) is 3.83. The number of aromatic nitrogens is 1. The Morgan fingerprint density at radius 3 is 2.52 bits per heavy atom. The van der Waals surface area contributed by atoms with Crippen LogP contribution in [0.5, 0.6) is 0 Å². The van der Waals surface area contributed by atoms with E-state index in [1.54, 1.807) is 24.3 Å². The monoisotopic (exact) mass is 332 g/mol. The molecule has 0 aliphatic heterocycles. The number of ketones is 1. The second-order valence-electron chi connectivity index (χ2n) is 5.64. The highest BCUT2D eigenvalue weighted by atomic mass is 16.6. The number of aryl methyl sites for hydroxylation is 1. The molecule has 0 spiro atoms. The van der Waals surface area contributed by atoms with Gasteiger partial charge in [0.1, 0.15) is 0 Å². The summed E-state index contributed by atoms with van der Waals surface area (Å²) in [5, 5.41) is 10.8. The third-order valence-corrected chi connectivity index (χ3v) is 3.83. The molecule has 0 saturated carbocycles. The fourth-order valence-electron chi connectivity index (χ4n) is 2.56. The highest BCUT2D eigenvalue weighted by Gasteiger charge is 2.07. The molecule has 1 aromatic heterocycles. The molecule has 0 bridgehead atoms. The summed E-state index contributed by atoms with van der Waals surface area (Å²) in [6.07, 6.45) is 5.12. The summed E-state index contributed by atoms with van der Waals surface area (Å²) in [4.78, 5) is 22.6. The molecule has 0 amide bonds. The molecule has 2 aromatic carbocycles. The van der Waals surface area contributed by atoms with Crippen molar-refractivity contribution in [2.75, 3.05) is 0 Å². The maximum absolute atomic E-state index is 12.3. The van der Waals surface area contributed by atoms with Gasteiger partial charge >= 0.3 is 0 Å². The van der Waals surface area contributed by atoms with E-state index in [0.29, 0.717) is 5.56 Å². The normalized spacial score (nSPS) is 10.9. The van der Waals surface area contributed by atoms with Crippen LogP contribution in [0, 0.1) is 17.0 Å².